The first-order valence-electron chi connectivity index (χ1n) is 7.94. The van der Waals surface area contributed by atoms with E-state index in [1.54, 1.807) is 0 Å². The van der Waals surface area contributed by atoms with Crippen molar-refractivity contribution in [3.63, 3.8) is 0 Å². The molecule has 0 atom stereocenters. The van der Waals surface area contributed by atoms with Crippen molar-refractivity contribution >= 4 is 11.5 Å². The summed E-state index contributed by atoms with van der Waals surface area (Å²) < 4.78 is 5.54. The molecule has 0 saturated carbocycles. The zero-order valence-electron chi connectivity index (χ0n) is 13.9. The van der Waals surface area contributed by atoms with Crippen LogP contribution in [0, 0.1) is 10.1 Å². The molecule has 7 nitrogen and oxygen atoms in total. The Morgan fingerprint density at radius 2 is 1.91 bits per heavy atom. The Bertz CT molecular complexity index is 461. The molecular formula is C15H26N4O3. The first-order chi connectivity index (χ1) is 10.5. The van der Waals surface area contributed by atoms with Crippen LogP contribution in [-0.2, 0) is 0 Å². The first-order valence-corrected chi connectivity index (χ1v) is 7.94. The minimum Gasteiger partial charge on any atom is -0.473 e. The van der Waals surface area contributed by atoms with E-state index in [1.165, 1.54) is 0 Å². The topological polar surface area (TPSA) is 90.2 Å². The second kappa shape index (κ2) is 9.17. The highest BCUT2D eigenvalue weighted by Gasteiger charge is 2.26. The molecule has 124 valence electrons. The molecular weight excluding hydrogens is 284 g/mol. The molecule has 1 aromatic heterocycles. The Kier molecular flexibility index (Phi) is 7.56. The highest BCUT2D eigenvalue weighted by Crippen LogP contribution is 2.33. The summed E-state index contributed by atoms with van der Waals surface area (Å²) in [6, 6.07) is 0. The third kappa shape index (κ3) is 5.13. The van der Waals surface area contributed by atoms with Gasteiger partial charge < -0.3 is 10.1 Å². The highest BCUT2D eigenvalue weighted by molar-refractivity contribution is 5.61. The van der Waals surface area contributed by atoms with Crippen LogP contribution in [-0.4, -0.2) is 28.0 Å². The number of anilines is 1. The predicted molar refractivity (Wildman–Crippen MR) is 86.6 cm³/mol. The molecule has 22 heavy (non-hydrogen) atoms. The molecule has 0 unspecified atom stereocenters. The van der Waals surface area contributed by atoms with Gasteiger partial charge in [-0.15, -0.1) is 0 Å². The molecule has 0 bridgehead atoms. The van der Waals surface area contributed by atoms with Crippen LogP contribution in [0.15, 0.2) is 0 Å². The van der Waals surface area contributed by atoms with Gasteiger partial charge in [-0.05, 0) is 12.8 Å². The van der Waals surface area contributed by atoms with E-state index in [0.29, 0.717) is 19.0 Å². The zero-order valence-corrected chi connectivity index (χ0v) is 13.9. The van der Waals surface area contributed by atoms with Crippen molar-refractivity contribution in [2.24, 2.45) is 0 Å². The second-order valence-corrected chi connectivity index (χ2v) is 5.48. The number of rotatable bonds is 10. The molecule has 1 aromatic rings. The Morgan fingerprint density at radius 3 is 2.45 bits per heavy atom. The van der Waals surface area contributed by atoms with Crippen molar-refractivity contribution in [2.75, 3.05) is 18.5 Å². The Hall–Kier alpha value is -1.92. The molecule has 0 saturated heterocycles. The maximum absolute atomic E-state index is 11.4. The average Bonchev–Trinajstić information content (AvgIpc) is 2.47. The lowest BCUT2D eigenvalue weighted by Gasteiger charge is -2.13. The molecule has 0 aliphatic carbocycles. The molecule has 0 aliphatic heterocycles. The number of nitrogens with zero attached hydrogens (tertiary/aromatic N) is 3. The molecule has 1 heterocycles. The van der Waals surface area contributed by atoms with E-state index in [9.17, 15) is 10.1 Å². The minimum atomic E-state index is -0.473. The van der Waals surface area contributed by atoms with Gasteiger partial charge >= 0.3 is 5.69 Å². The largest absolute Gasteiger partial charge is 0.473 e. The van der Waals surface area contributed by atoms with Gasteiger partial charge in [0.05, 0.1) is 11.5 Å². The van der Waals surface area contributed by atoms with Crippen LogP contribution < -0.4 is 10.1 Å². The molecule has 1 rings (SSSR count). The molecule has 1 N–H and O–H groups in total. The van der Waals surface area contributed by atoms with Crippen molar-refractivity contribution < 1.29 is 9.66 Å². The van der Waals surface area contributed by atoms with E-state index in [1.807, 2.05) is 20.8 Å². The highest BCUT2D eigenvalue weighted by atomic mass is 16.6. The monoisotopic (exact) mass is 310 g/mol. The Morgan fingerprint density at radius 1 is 1.23 bits per heavy atom. The van der Waals surface area contributed by atoms with Gasteiger partial charge in [-0.2, -0.15) is 4.98 Å². The third-order valence-electron chi connectivity index (χ3n) is 3.13. The van der Waals surface area contributed by atoms with Gasteiger partial charge in [0, 0.05) is 12.5 Å². The van der Waals surface area contributed by atoms with Crippen LogP contribution in [0.4, 0.5) is 11.5 Å². The Balaban J connectivity index is 3.15. The predicted octanol–water partition coefficient (Wildman–Crippen LogP) is 3.90. The van der Waals surface area contributed by atoms with Gasteiger partial charge in [-0.1, -0.05) is 40.5 Å². The fraction of sp³-hybridized carbons (Fsp3) is 0.733. The fourth-order valence-electron chi connectivity index (χ4n) is 1.79. The molecule has 0 radical (unpaired) electrons. The summed E-state index contributed by atoms with van der Waals surface area (Å²) in [5.41, 5.74) is -0.170. The summed E-state index contributed by atoms with van der Waals surface area (Å²) in [5.74, 6) is 0.942. The summed E-state index contributed by atoms with van der Waals surface area (Å²) in [7, 11) is 0. The van der Waals surface area contributed by atoms with Gasteiger partial charge in [0.25, 0.3) is 5.88 Å². The van der Waals surface area contributed by atoms with Crippen molar-refractivity contribution in [2.45, 2.75) is 59.3 Å². The summed E-state index contributed by atoms with van der Waals surface area (Å²) >= 11 is 0. The second-order valence-electron chi connectivity index (χ2n) is 5.48. The van der Waals surface area contributed by atoms with Crippen LogP contribution in [0.1, 0.15) is 65.1 Å². The molecule has 0 fully saturated rings. The quantitative estimate of drug-likeness (QED) is 0.400. The normalized spacial score (nSPS) is 10.8. The maximum atomic E-state index is 11.4. The summed E-state index contributed by atoms with van der Waals surface area (Å²) in [6.07, 6.45) is 3.71. The van der Waals surface area contributed by atoms with E-state index in [0.717, 1.165) is 25.7 Å². The summed E-state index contributed by atoms with van der Waals surface area (Å²) in [4.78, 5) is 19.5. The van der Waals surface area contributed by atoms with E-state index < -0.39 is 4.92 Å². The van der Waals surface area contributed by atoms with Crippen LogP contribution in [0.25, 0.3) is 0 Å². The van der Waals surface area contributed by atoms with E-state index in [-0.39, 0.29) is 23.3 Å². The number of nitrogens with one attached hydrogen (secondary N) is 1. The summed E-state index contributed by atoms with van der Waals surface area (Å²) in [6.45, 7) is 9.06. The SMILES string of the molecule is CCCCNc1nc(C(C)C)nc(OCCCC)c1[N+](=O)[O-]. The van der Waals surface area contributed by atoms with Crippen LogP contribution in [0.2, 0.25) is 0 Å². The van der Waals surface area contributed by atoms with E-state index in [2.05, 4.69) is 22.2 Å². The zero-order chi connectivity index (χ0) is 16.5. The smallest absolute Gasteiger partial charge is 0.372 e. The van der Waals surface area contributed by atoms with Gasteiger partial charge in [-0.3, -0.25) is 10.1 Å². The van der Waals surface area contributed by atoms with Crippen molar-refractivity contribution in [1.29, 1.82) is 0 Å². The van der Waals surface area contributed by atoms with Gasteiger partial charge in [0.2, 0.25) is 5.82 Å². The molecule has 0 amide bonds. The number of nitro groups is 1. The lowest BCUT2D eigenvalue weighted by atomic mass is 10.2. The standard InChI is InChI=1S/C15H26N4O3/c1-5-7-9-16-14-12(19(20)21)15(22-10-8-6-2)18-13(17-14)11(3)4/h11H,5-10H2,1-4H3,(H,16,17,18). The molecule has 7 heteroatoms. The average molecular weight is 310 g/mol. The van der Waals surface area contributed by atoms with Gasteiger partial charge in [0.1, 0.15) is 5.82 Å². The fourth-order valence-corrected chi connectivity index (χ4v) is 1.79. The number of unbranched alkanes of at least 4 members (excludes halogenated alkanes) is 2. The minimum absolute atomic E-state index is 0.0659. The van der Waals surface area contributed by atoms with Crippen molar-refractivity contribution in [3.8, 4) is 5.88 Å². The maximum Gasteiger partial charge on any atom is 0.372 e. The number of hydrogen-bond donors (Lipinski definition) is 1. The van der Waals surface area contributed by atoms with Crippen LogP contribution >= 0.6 is 0 Å². The number of ether oxygens (including phenoxy) is 1. The van der Waals surface area contributed by atoms with E-state index in [4.69, 9.17) is 4.74 Å². The Labute approximate surface area is 131 Å². The van der Waals surface area contributed by atoms with Crippen LogP contribution in [0.3, 0.4) is 0 Å². The number of hydrogen-bond acceptors (Lipinski definition) is 6. The van der Waals surface area contributed by atoms with Gasteiger partial charge in [-0.25, -0.2) is 4.98 Å². The first kappa shape index (κ1) is 18.1. The lowest BCUT2D eigenvalue weighted by Crippen LogP contribution is -2.12. The lowest BCUT2D eigenvalue weighted by molar-refractivity contribution is -0.385. The molecule has 0 aliphatic rings. The molecule has 0 spiro atoms. The van der Waals surface area contributed by atoms with Gasteiger partial charge in [0.15, 0.2) is 0 Å². The van der Waals surface area contributed by atoms with E-state index >= 15 is 0 Å². The number of aromatic nitrogens is 2. The summed E-state index contributed by atoms with van der Waals surface area (Å²) in [5, 5.41) is 14.4. The van der Waals surface area contributed by atoms with Crippen LogP contribution in [0.5, 0.6) is 5.88 Å². The third-order valence-corrected chi connectivity index (χ3v) is 3.13. The molecule has 0 aromatic carbocycles. The van der Waals surface area contributed by atoms with Crippen molar-refractivity contribution in [3.05, 3.63) is 15.9 Å². The van der Waals surface area contributed by atoms with Crippen molar-refractivity contribution in [1.82, 2.24) is 9.97 Å².